The third-order valence-corrected chi connectivity index (χ3v) is 1.96. The van der Waals surface area contributed by atoms with Gasteiger partial charge in [0, 0.05) is 13.2 Å². The Kier molecular flexibility index (Phi) is 3.92. The van der Waals surface area contributed by atoms with E-state index in [0.717, 1.165) is 12.8 Å². The Balaban J connectivity index is 2.17. The largest absolute Gasteiger partial charge is 0.478 e. The highest BCUT2D eigenvalue weighted by Gasteiger charge is 2.15. The minimum atomic E-state index is -0.993. The molecule has 0 atom stereocenters. The molecule has 0 aromatic rings. The summed E-state index contributed by atoms with van der Waals surface area (Å²) < 4.78 is 10.5. The number of carbonyl (C=O) groups is 1. The van der Waals surface area contributed by atoms with Crippen molar-refractivity contribution in [3.63, 3.8) is 0 Å². The maximum atomic E-state index is 10.4. The van der Waals surface area contributed by atoms with E-state index >= 15 is 0 Å². The van der Waals surface area contributed by atoms with E-state index in [1.807, 2.05) is 0 Å². The van der Waals surface area contributed by atoms with E-state index in [4.69, 9.17) is 14.6 Å². The number of ether oxygens (including phenoxy) is 2. The van der Waals surface area contributed by atoms with Crippen molar-refractivity contribution in [3.05, 3.63) is 12.2 Å². The van der Waals surface area contributed by atoms with E-state index < -0.39 is 5.97 Å². The fourth-order valence-corrected chi connectivity index (χ4v) is 1.12. The van der Waals surface area contributed by atoms with Crippen molar-refractivity contribution in [1.82, 2.24) is 0 Å². The number of hydrogen-bond acceptors (Lipinski definition) is 3. The fraction of sp³-hybridized carbons (Fsp3) is 0.667. The van der Waals surface area contributed by atoms with Crippen LogP contribution in [0.25, 0.3) is 0 Å². The van der Waals surface area contributed by atoms with Gasteiger partial charge in [0.25, 0.3) is 0 Å². The molecule has 74 valence electrons. The Morgan fingerprint density at radius 1 is 1.54 bits per heavy atom. The second kappa shape index (κ2) is 4.99. The van der Waals surface area contributed by atoms with Crippen molar-refractivity contribution >= 4 is 5.97 Å². The number of carboxylic acid groups (broad SMARTS) is 1. The van der Waals surface area contributed by atoms with Crippen LogP contribution in [0.2, 0.25) is 0 Å². The standard InChI is InChI=1S/C9H14O4/c1-7(9(10)11)6-13-8-2-4-12-5-3-8/h8H,1-6H2,(H,10,11). The van der Waals surface area contributed by atoms with Gasteiger partial charge in [0.05, 0.1) is 18.3 Å². The predicted molar refractivity (Wildman–Crippen MR) is 46.6 cm³/mol. The molecule has 1 N–H and O–H groups in total. The SMILES string of the molecule is C=C(COC1CCOCC1)C(=O)O. The number of carboxylic acids is 1. The minimum absolute atomic E-state index is 0.103. The van der Waals surface area contributed by atoms with Crippen LogP contribution < -0.4 is 0 Å². The molecule has 13 heavy (non-hydrogen) atoms. The lowest BCUT2D eigenvalue weighted by molar-refractivity contribution is -0.133. The highest BCUT2D eigenvalue weighted by molar-refractivity contribution is 5.85. The molecule has 0 spiro atoms. The van der Waals surface area contributed by atoms with Crippen molar-refractivity contribution < 1.29 is 19.4 Å². The van der Waals surface area contributed by atoms with Crippen molar-refractivity contribution in [1.29, 1.82) is 0 Å². The first-order chi connectivity index (χ1) is 6.20. The molecule has 1 saturated heterocycles. The zero-order valence-electron chi connectivity index (χ0n) is 7.49. The molecule has 1 aliphatic heterocycles. The molecule has 0 aromatic carbocycles. The Morgan fingerprint density at radius 3 is 2.69 bits per heavy atom. The lowest BCUT2D eigenvalue weighted by Crippen LogP contribution is -2.24. The summed E-state index contributed by atoms with van der Waals surface area (Å²) in [6.45, 7) is 4.89. The second-order valence-electron chi connectivity index (χ2n) is 3.03. The van der Waals surface area contributed by atoms with Crippen LogP contribution in [0, 0.1) is 0 Å². The molecular formula is C9H14O4. The zero-order valence-corrected chi connectivity index (χ0v) is 7.49. The molecule has 4 nitrogen and oxygen atoms in total. The normalized spacial score (nSPS) is 18.5. The molecule has 0 saturated carbocycles. The lowest BCUT2D eigenvalue weighted by atomic mass is 10.1. The van der Waals surface area contributed by atoms with Gasteiger partial charge in [0.1, 0.15) is 0 Å². The number of aliphatic carboxylic acids is 1. The average molecular weight is 186 g/mol. The highest BCUT2D eigenvalue weighted by Crippen LogP contribution is 2.11. The number of rotatable bonds is 4. The summed E-state index contributed by atoms with van der Waals surface area (Å²) in [5.74, 6) is -0.993. The third kappa shape index (κ3) is 3.57. The van der Waals surface area contributed by atoms with E-state index in [1.54, 1.807) is 0 Å². The van der Waals surface area contributed by atoms with E-state index in [2.05, 4.69) is 6.58 Å². The molecule has 1 rings (SSSR count). The molecule has 0 aliphatic carbocycles. The Morgan fingerprint density at radius 2 is 2.15 bits per heavy atom. The van der Waals surface area contributed by atoms with Gasteiger partial charge in [0.2, 0.25) is 0 Å². The summed E-state index contributed by atoms with van der Waals surface area (Å²) in [5.41, 5.74) is 0.103. The summed E-state index contributed by atoms with van der Waals surface area (Å²) >= 11 is 0. The topological polar surface area (TPSA) is 55.8 Å². The van der Waals surface area contributed by atoms with E-state index in [1.165, 1.54) is 0 Å². The van der Waals surface area contributed by atoms with E-state index in [9.17, 15) is 4.79 Å². The van der Waals surface area contributed by atoms with Gasteiger partial charge in [-0.25, -0.2) is 4.79 Å². The Labute approximate surface area is 77.1 Å². The van der Waals surface area contributed by atoms with Gasteiger partial charge in [-0.3, -0.25) is 0 Å². The summed E-state index contributed by atoms with van der Waals surface area (Å²) in [7, 11) is 0. The van der Waals surface area contributed by atoms with Crippen LogP contribution in [-0.4, -0.2) is 37.0 Å². The summed E-state index contributed by atoms with van der Waals surface area (Å²) in [6, 6.07) is 0. The fourth-order valence-electron chi connectivity index (χ4n) is 1.12. The maximum absolute atomic E-state index is 10.4. The molecule has 0 radical (unpaired) electrons. The van der Waals surface area contributed by atoms with Gasteiger partial charge >= 0.3 is 5.97 Å². The zero-order chi connectivity index (χ0) is 9.68. The van der Waals surface area contributed by atoms with Crippen molar-refractivity contribution in [2.24, 2.45) is 0 Å². The molecular weight excluding hydrogens is 172 g/mol. The van der Waals surface area contributed by atoms with Gasteiger partial charge in [-0.1, -0.05) is 6.58 Å². The lowest BCUT2D eigenvalue weighted by Gasteiger charge is -2.22. The highest BCUT2D eigenvalue weighted by atomic mass is 16.5. The minimum Gasteiger partial charge on any atom is -0.478 e. The molecule has 0 unspecified atom stereocenters. The predicted octanol–water partition coefficient (Wildman–Crippen LogP) is 0.823. The van der Waals surface area contributed by atoms with Crippen LogP contribution in [0.4, 0.5) is 0 Å². The van der Waals surface area contributed by atoms with E-state index in [-0.39, 0.29) is 18.3 Å². The monoisotopic (exact) mass is 186 g/mol. The molecule has 0 amide bonds. The van der Waals surface area contributed by atoms with Crippen LogP contribution in [-0.2, 0) is 14.3 Å². The molecule has 1 fully saturated rings. The van der Waals surface area contributed by atoms with Crippen molar-refractivity contribution in [2.45, 2.75) is 18.9 Å². The average Bonchev–Trinajstić information content (AvgIpc) is 2.15. The molecule has 0 bridgehead atoms. The van der Waals surface area contributed by atoms with Gasteiger partial charge in [-0.2, -0.15) is 0 Å². The molecule has 1 heterocycles. The first-order valence-corrected chi connectivity index (χ1v) is 4.30. The molecule has 4 heteroatoms. The first kappa shape index (κ1) is 10.2. The van der Waals surface area contributed by atoms with Gasteiger partial charge in [-0.05, 0) is 12.8 Å². The van der Waals surface area contributed by atoms with Crippen molar-refractivity contribution in [3.8, 4) is 0 Å². The maximum Gasteiger partial charge on any atom is 0.333 e. The summed E-state index contributed by atoms with van der Waals surface area (Å²) in [4.78, 5) is 10.4. The summed E-state index contributed by atoms with van der Waals surface area (Å²) in [5, 5.41) is 8.51. The second-order valence-corrected chi connectivity index (χ2v) is 3.03. The van der Waals surface area contributed by atoms with Gasteiger partial charge < -0.3 is 14.6 Å². The van der Waals surface area contributed by atoms with Crippen LogP contribution in [0.3, 0.4) is 0 Å². The summed E-state index contributed by atoms with van der Waals surface area (Å²) in [6.07, 6.45) is 1.81. The van der Waals surface area contributed by atoms with Crippen LogP contribution in [0.5, 0.6) is 0 Å². The van der Waals surface area contributed by atoms with Crippen LogP contribution >= 0.6 is 0 Å². The molecule has 1 aliphatic rings. The molecule has 0 aromatic heterocycles. The van der Waals surface area contributed by atoms with Crippen LogP contribution in [0.15, 0.2) is 12.2 Å². The van der Waals surface area contributed by atoms with Crippen molar-refractivity contribution in [2.75, 3.05) is 19.8 Å². The first-order valence-electron chi connectivity index (χ1n) is 4.30. The quantitative estimate of drug-likeness (QED) is 0.660. The van der Waals surface area contributed by atoms with Crippen LogP contribution in [0.1, 0.15) is 12.8 Å². The Bertz CT molecular complexity index is 194. The van der Waals surface area contributed by atoms with Gasteiger partial charge in [-0.15, -0.1) is 0 Å². The van der Waals surface area contributed by atoms with Gasteiger partial charge in [0.15, 0.2) is 0 Å². The number of hydrogen-bond donors (Lipinski definition) is 1. The Hall–Kier alpha value is -0.870. The third-order valence-electron chi connectivity index (χ3n) is 1.96. The van der Waals surface area contributed by atoms with E-state index in [0.29, 0.717) is 13.2 Å². The smallest absolute Gasteiger partial charge is 0.333 e.